The minimum absolute atomic E-state index is 0. The van der Waals surface area contributed by atoms with Crippen LogP contribution >= 0.6 is 12.4 Å². The summed E-state index contributed by atoms with van der Waals surface area (Å²) in [4.78, 5) is 4.44. The minimum atomic E-state index is -3.50. The number of aryl methyl sites for hydroxylation is 1. The van der Waals surface area contributed by atoms with E-state index in [1.165, 1.54) is 12.1 Å². The van der Waals surface area contributed by atoms with Crippen LogP contribution in [0, 0.1) is 0 Å². The van der Waals surface area contributed by atoms with Gasteiger partial charge in [-0.15, -0.1) is 12.4 Å². The van der Waals surface area contributed by atoms with E-state index in [-0.39, 0.29) is 35.4 Å². The highest BCUT2D eigenvalue weighted by molar-refractivity contribution is 7.91. The quantitative estimate of drug-likeness (QED) is 0.802. The Balaban J connectivity index is 0.00000196. The molecule has 0 amide bonds. The lowest BCUT2D eigenvalue weighted by atomic mass is 9.77. The Bertz CT molecular complexity index is 895. The van der Waals surface area contributed by atoms with E-state index in [4.69, 9.17) is 19.7 Å². The molecule has 0 radical (unpaired) electrons. The molecule has 26 heavy (non-hydrogen) atoms. The maximum Gasteiger partial charge on any atom is 0.227 e. The number of rotatable bonds is 5. The summed E-state index contributed by atoms with van der Waals surface area (Å²) in [6, 6.07) is 4.62. The molecule has 0 bridgehead atoms. The average Bonchev–Trinajstić information content (AvgIpc) is 3.07. The standard InChI is InChI=1S/C16H19N3O5S.ClH/c17-16(5-1-6-16)15-18-14(24-19-15)4-9-25(20,21)11-2-3-12-13(10-11)23-8-7-22-12;/h2-3,10H,1,4-9,17H2;1H. The van der Waals surface area contributed by atoms with Crippen LogP contribution in [0.15, 0.2) is 27.6 Å². The molecule has 1 saturated carbocycles. The van der Waals surface area contributed by atoms with Gasteiger partial charge in [0, 0.05) is 12.5 Å². The molecule has 1 aliphatic carbocycles. The molecule has 4 rings (SSSR count). The minimum Gasteiger partial charge on any atom is -0.486 e. The fourth-order valence-corrected chi connectivity index (χ4v) is 4.14. The Morgan fingerprint density at radius 3 is 2.58 bits per heavy atom. The molecule has 2 N–H and O–H groups in total. The molecule has 0 spiro atoms. The first kappa shape index (κ1) is 18.9. The Labute approximate surface area is 157 Å². The number of ether oxygens (including phenoxy) is 2. The number of halogens is 1. The van der Waals surface area contributed by atoms with Crippen LogP contribution in [-0.2, 0) is 21.8 Å². The number of nitrogens with zero attached hydrogens (tertiary/aromatic N) is 2. The van der Waals surface area contributed by atoms with Gasteiger partial charge in [-0.1, -0.05) is 5.16 Å². The van der Waals surface area contributed by atoms with E-state index in [0.29, 0.717) is 30.5 Å². The third kappa shape index (κ3) is 3.51. The molecular weight excluding hydrogens is 382 g/mol. The average molecular weight is 402 g/mol. The van der Waals surface area contributed by atoms with Crippen molar-refractivity contribution in [1.82, 2.24) is 10.1 Å². The number of fused-ring (bicyclic) bond motifs is 1. The highest BCUT2D eigenvalue weighted by Crippen LogP contribution is 2.37. The van der Waals surface area contributed by atoms with E-state index < -0.39 is 15.4 Å². The number of aromatic nitrogens is 2. The van der Waals surface area contributed by atoms with Crippen molar-refractivity contribution in [1.29, 1.82) is 0 Å². The Hall–Kier alpha value is -1.84. The monoisotopic (exact) mass is 401 g/mol. The predicted octanol–water partition coefficient (Wildman–Crippen LogP) is 1.62. The summed E-state index contributed by atoms with van der Waals surface area (Å²) in [6.45, 7) is 0.864. The molecule has 2 aliphatic rings. The summed E-state index contributed by atoms with van der Waals surface area (Å²) in [5, 5.41) is 3.90. The second kappa shape index (κ2) is 7.05. The highest BCUT2D eigenvalue weighted by atomic mass is 35.5. The lowest BCUT2D eigenvalue weighted by molar-refractivity contribution is 0.171. The van der Waals surface area contributed by atoms with E-state index in [1.807, 2.05) is 0 Å². The van der Waals surface area contributed by atoms with Crippen LogP contribution in [0.1, 0.15) is 31.0 Å². The highest BCUT2D eigenvalue weighted by Gasteiger charge is 2.39. The first-order valence-corrected chi connectivity index (χ1v) is 9.86. The maximum absolute atomic E-state index is 12.6. The zero-order chi connectivity index (χ0) is 17.5. The van der Waals surface area contributed by atoms with E-state index in [9.17, 15) is 8.42 Å². The van der Waals surface area contributed by atoms with Gasteiger partial charge in [0.2, 0.25) is 5.89 Å². The fraction of sp³-hybridized carbons (Fsp3) is 0.500. The molecule has 10 heteroatoms. The summed E-state index contributed by atoms with van der Waals surface area (Å²) in [6.07, 6.45) is 2.82. The van der Waals surface area contributed by atoms with E-state index in [1.54, 1.807) is 6.07 Å². The van der Waals surface area contributed by atoms with Gasteiger partial charge in [0.05, 0.1) is 16.2 Å². The molecule has 1 aliphatic heterocycles. The summed E-state index contributed by atoms with van der Waals surface area (Å²) in [5.41, 5.74) is 5.63. The zero-order valence-corrected chi connectivity index (χ0v) is 15.6. The third-order valence-corrected chi connectivity index (χ3v) is 6.33. The molecule has 2 aromatic rings. The van der Waals surface area contributed by atoms with Gasteiger partial charge in [-0.2, -0.15) is 4.98 Å². The summed E-state index contributed by atoms with van der Waals surface area (Å²) in [7, 11) is -3.50. The number of nitrogens with two attached hydrogens (primary N) is 1. The third-order valence-electron chi connectivity index (χ3n) is 4.62. The summed E-state index contributed by atoms with van der Waals surface area (Å²) in [5.74, 6) is 1.62. The van der Waals surface area contributed by atoms with Crippen molar-refractivity contribution >= 4 is 22.2 Å². The molecule has 0 saturated heterocycles. The van der Waals surface area contributed by atoms with Crippen molar-refractivity contribution in [3.8, 4) is 11.5 Å². The van der Waals surface area contributed by atoms with Crippen LogP contribution in [0.5, 0.6) is 11.5 Å². The number of hydrogen-bond donors (Lipinski definition) is 1. The van der Waals surface area contributed by atoms with Crippen molar-refractivity contribution in [2.24, 2.45) is 5.73 Å². The van der Waals surface area contributed by atoms with Gasteiger partial charge in [-0.05, 0) is 31.4 Å². The molecule has 1 aromatic heterocycles. The second-order valence-corrected chi connectivity index (χ2v) is 8.50. The van der Waals surface area contributed by atoms with Crippen LogP contribution in [0.4, 0.5) is 0 Å². The molecular formula is C16H20ClN3O5S. The lowest BCUT2D eigenvalue weighted by Gasteiger charge is -2.34. The topological polar surface area (TPSA) is 118 Å². The second-order valence-electron chi connectivity index (χ2n) is 6.40. The number of hydrogen-bond acceptors (Lipinski definition) is 8. The van der Waals surface area contributed by atoms with Gasteiger partial charge < -0.3 is 19.7 Å². The van der Waals surface area contributed by atoms with Gasteiger partial charge in [0.15, 0.2) is 27.2 Å². The SMILES string of the molecule is Cl.NC1(c2noc(CCS(=O)(=O)c3ccc4c(c3)OCCO4)n2)CCC1. The molecule has 2 heterocycles. The number of sulfone groups is 1. The largest absolute Gasteiger partial charge is 0.486 e. The smallest absolute Gasteiger partial charge is 0.227 e. The van der Waals surface area contributed by atoms with Gasteiger partial charge in [0.1, 0.15) is 13.2 Å². The summed E-state index contributed by atoms with van der Waals surface area (Å²) >= 11 is 0. The Morgan fingerprint density at radius 2 is 1.88 bits per heavy atom. The molecule has 8 nitrogen and oxygen atoms in total. The van der Waals surface area contributed by atoms with Crippen molar-refractivity contribution in [3.63, 3.8) is 0 Å². The summed E-state index contributed by atoms with van der Waals surface area (Å²) < 4.78 is 41.1. The van der Waals surface area contributed by atoms with E-state index >= 15 is 0 Å². The Kier molecular flexibility index (Phi) is 5.14. The van der Waals surface area contributed by atoms with Gasteiger partial charge in [-0.3, -0.25) is 0 Å². The fourth-order valence-electron chi connectivity index (χ4n) is 2.90. The van der Waals surface area contributed by atoms with E-state index in [2.05, 4.69) is 10.1 Å². The molecule has 142 valence electrons. The molecule has 1 aromatic carbocycles. The molecule has 0 atom stereocenters. The van der Waals surface area contributed by atoms with Crippen LogP contribution in [0.25, 0.3) is 0 Å². The maximum atomic E-state index is 12.6. The zero-order valence-electron chi connectivity index (χ0n) is 14.0. The van der Waals surface area contributed by atoms with Crippen LogP contribution < -0.4 is 15.2 Å². The van der Waals surface area contributed by atoms with E-state index in [0.717, 1.165) is 19.3 Å². The molecule has 0 unspecified atom stereocenters. The first-order valence-electron chi connectivity index (χ1n) is 8.21. The predicted molar refractivity (Wildman–Crippen MR) is 94.5 cm³/mol. The molecule has 1 fully saturated rings. The normalized spacial score (nSPS) is 17.9. The van der Waals surface area contributed by atoms with Crippen molar-refractivity contribution < 1.29 is 22.4 Å². The number of benzene rings is 1. The van der Waals surface area contributed by atoms with Crippen LogP contribution in [-0.4, -0.2) is 37.5 Å². The van der Waals surface area contributed by atoms with Crippen molar-refractivity contribution in [2.45, 2.75) is 36.1 Å². The lowest BCUT2D eigenvalue weighted by Crippen LogP contribution is -2.44. The van der Waals surface area contributed by atoms with Crippen molar-refractivity contribution in [3.05, 3.63) is 29.9 Å². The van der Waals surface area contributed by atoms with Crippen LogP contribution in [0.2, 0.25) is 0 Å². The first-order chi connectivity index (χ1) is 12.0. The van der Waals surface area contributed by atoms with Crippen molar-refractivity contribution in [2.75, 3.05) is 19.0 Å². The Morgan fingerprint density at radius 1 is 1.15 bits per heavy atom. The van der Waals surface area contributed by atoms with Crippen LogP contribution in [0.3, 0.4) is 0 Å². The van der Waals surface area contributed by atoms with Gasteiger partial charge in [0.25, 0.3) is 0 Å². The van der Waals surface area contributed by atoms with Gasteiger partial charge in [-0.25, -0.2) is 8.42 Å². The van der Waals surface area contributed by atoms with Gasteiger partial charge >= 0.3 is 0 Å².